The number of carbonyl (C=O) groups is 1. The quantitative estimate of drug-likeness (QED) is 0.482. The fraction of sp³-hybridized carbons (Fsp3) is 0.273. The Bertz CT molecular complexity index is 1270. The zero-order valence-corrected chi connectivity index (χ0v) is 17.7. The van der Waals surface area contributed by atoms with Gasteiger partial charge in [0.25, 0.3) is 5.91 Å². The average Bonchev–Trinajstić information content (AvgIpc) is 3.40. The highest BCUT2D eigenvalue weighted by atomic mass is 32.1. The molecular weight excluding hydrogens is 434 g/mol. The number of nitrogens with two attached hydrogens (primary N) is 1. The van der Waals surface area contributed by atoms with Gasteiger partial charge in [0, 0.05) is 19.5 Å². The molecule has 1 aromatic carbocycles. The molecule has 1 atom stereocenters. The Labute approximate surface area is 186 Å². The van der Waals surface area contributed by atoms with Gasteiger partial charge in [-0.25, -0.2) is 14.4 Å². The van der Waals surface area contributed by atoms with Crippen LogP contribution in [0.1, 0.15) is 27.3 Å². The van der Waals surface area contributed by atoms with Gasteiger partial charge < -0.3 is 15.5 Å². The number of nitriles is 1. The minimum absolute atomic E-state index is 0.199. The van der Waals surface area contributed by atoms with E-state index in [0.29, 0.717) is 58.7 Å². The zero-order valence-electron chi connectivity index (χ0n) is 16.9. The number of rotatable bonds is 3. The van der Waals surface area contributed by atoms with Gasteiger partial charge >= 0.3 is 0 Å². The monoisotopic (exact) mass is 452 g/mol. The molecule has 0 spiro atoms. The molecule has 2 aliphatic rings. The molecule has 10 heteroatoms. The largest absolute Gasteiger partial charge is 0.398 e. The first kappa shape index (κ1) is 20.3. The normalized spacial score (nSPS) is 18.0. The summed E-state index contributed by atoms with van der Waals surface area (Å²) in [6.07, 6.45) is -0.0554. The molecule has 2 aromatic heterocycles. The Balaban J connectivity index is 1.45. The van der Waals surface area contributed by atoms with E-state index < -0.39 is 12.1 Å². The van der Waals surface area contributed by atoms with Gasteiger partial charge in [0.15, 0.2) is 0 Å². The fourth-order valence-corrected chi connectivity index (χ4v) is 5.14. The molecule has 1 fully saturated rings. The standard InChI is InChI=1S/C22H18F2N6OS/c23-12-6-8-29(11-12)18-5-4-13(20(24)28-18)21-27-16-7-9-30(22(31)19(16)32-21)17-3-1-2-15(26)14(17)10-25/h1-5,12H,6-9,11,26H2/t12-/m0/s1. The maximum Gasteiger partial charge on any atom is 0.270 e. The Morgan fingerprint density at radius 2 is 2.06 bits per heavy atom. The molecule has 2 aliphatic heterocycles. The predicted octanol–water partition coefficient (Wildman–Crippen LogP) is 3.55. The van der Waals surface area contributed by atoms with Crippen LogP contribution in [0.4, 0.5) is 26.0 Å². The summed E-state index contributed by atoms with van der Waals surface area (Å²) in [6, 6.07) is 10.3. The summed E-state index contributed by atoms with van der Waals surface area (Å²) in [7, 11) is 0. The molecule has 5 rings (SSSR count). The zero-order chi connectivity index (χ0) is 22.4. The lowest BCUT2D eigenvalue weighted by Gasteiger charge is -2.27. The SMILES string of the molecule is N#Cc1c(N)cccc1N1CCc2nc(-c3ccc(N4CC[C@H](F)C4)nc3F)sc2C1=O. The van der Waals surface area contributed by atoms with Crippen LogP contribution < -0.4 is 15.5 Å². The summed E-state index contributed by atoms with van der Waals surface area (Å²) in [6.45, 7) is 1.04. The van der Waals surface area contributed by atoms with Crippen molar-refractivity contribution in [1.29, 1.82) is 5.26 Å². The molecule has 0 aliphatic carbocycles. The summed E-state index contributed by atoms with van der Waals surface area (Å²) < 4.78 is 28.3. The van der Waals surface area contributed by atoms with Crippen molar-refractivity contribution in [3.05, 3.63) is 52.4 Å². The van der Waals surface area contributed by atoms with Crippen molar-refractivity contribution in [2.75, 3.05) is 35.2 Å². The summed E-state index contributed by atoms with van der Waals surface area (Å²) >= 11 is 1.10. The summed E-state index contributed by atoms with van der Waals surface area (Å²) in [4.78, 5) is 25.3. The van der Waals surface area contributed by atoms with Crippen molar-refractivity contribution in [3.8, 4) is 16.6 Å². The number of fused-ring (bicyclic) bond motifs is 1. The number of hydrogen-bond donors (Lipinski definition) is 1. The smallest absolute Gasteiger partial charge is 0.270 e. The average molecular weight is 452 g/mol. The Morgan fingerprint density at radius 3 is 2.78 bits per heavy atom. The van der Waals surface area contributed by atoms with Crippen LogP contribution in [0.5, 0.6) is 0 Å². The van der Waals surface area contributed by atoms with Crippen LogP contribution in [0.2, 0.25) is 0 Å². The number of nitrogens with zero attached hydrogens (tertiary/aromatic N) is 5. The van der Waals surface area contributed by atoms with E-state index in [1.54, 1.807) is 35.2 Å². The van der Waals surface area contributed by atoms with Gasteiger partial charge in [-0.15, -0.1) is 11.3 Å². The van der Waals surface area contributed by atoms with E-state index in [1.165, 1.54) is 4.90 Å². The van der Waals surface area contributed by atoms with Crippen molar-refractivity contribution >= 4 is 34.4 Å². The number of benzene rings is 1. The molecule has 0 radical (unpaired) electrons. The van der Waals surface area contributed by atoms with Gasteiger partial charge in [0.2, 0.25) is 5.95 Å². The molecule has 32 heavy (non-hydrogen) atoms. The third-order valence-electron chi connectivity index (χ3n) is 5.71. The second kappa shape index (κ2) is 7.84. The van der Waals surface area contributed by atoms with Gasteiger partial charge in [-0.3, -0.25) is 4.79 Å². The van der Waals surface area contributed by atoms with Crippen molar-refractivity contribution in [1.82, 2.24) is 9.97 Å². The number of pyridine rings is 1. The van der Waals surface area contributed by atoms with E-state index in [-0.39, 0.29) is 23.6 Å². The van der Waals surface area contributed by atoms with Crippen molar-refractivity contribution in [2.24, 2.45) is 0 Å². The lowest BCUT2D eigenvalue weighted by molar-refractivity contribution is 0.0984. The summed E-state index contributed by atoms with van der Waals surface area (Å²) in [5.74, 6) is -0.614. The van der Waals surface area contributed by atoms with Gasteiger partial charge in [-0.1, -0.05) is 6.07 Å². The topological polar surface area (TPSA) is 99.1 Å². The first-order valence-electron chi connectivity index (χ1n) is 10.1. The van der Waals surface area contributed by atoms with Crippen LogP contribution in [0, 0.1) is 17.3 Å². The lowest BCUT2D eigenvalue weighted by atomic mass is 10.1. The minimum atomic E-state index is -0.930. The highest BCUT2D eigenvalue weighted by molar-refractivity contribution is 7.17. The Morgan fingerprint density at radius 1 is 1.22 bits per heavy atom. The number of aromatic nitrogens is 2. The molecule has 1 amide bonds. The number of carbonyl (C=O) groups excluding carboxylic acids is 1. The molecule has 162 valence electrons. The number of anilines is 3. The molecule has 7 nitrogen and oxygen atoms in total. The molecule has 4 heterocycles. The van der Waals surface area contributed by atoms with Gasteiger partial charge in [0.05, 0.1) is 34.7 Å². The van der Waals surface area contributed by atoms with E-state index in [2.05, 4.69) is 16.0 Å². The summed E-state index contributed by atoms with van der Waals surface area (Å²) in [5.41, 5.74) is 7.69. The van der Waals surface area contributed by atoms with Crippen LogP contribution in [0.25, 0.3) is 10.6 Å². The van der Waals surface area contributed by atoms with Crippen LogP contribution in [-0.4, -0.2) is 41.7 Å². The van der Waals surface area contributed by atoms with Crippen molar-refractivity contribution in [2.45, 2.75) is 19.0 Å². The molecule has 0 bridgehead atoms. The second-order valence-electron chi connectivity index (χ2n) is 7.69. The third kappa shape index (κ3) is 3.35. The Kier molecular flexibility index (Phi) is 4.98. The first-order valence-corrected chi connectivity index (χ1v) is 10.9. The van der Waals surface area contributed by atoms with E-state index >= 15 is 0 Å². The maximum absolute atomic E-state index is 14.8. The van der Waals surface area contributed by atoms with E-state index in [0.717, 1.165) is 11.3 Å². The molecule has 0 saturated carbocycles. The second-order valence-corrected chi connectivity index (χ2v) is 8.69. The lowest BCUT2D eigenvalue weighted by Crippen LogP contribution is -2.37. The number of hydrogen-bond acceptors (Lipinski definition) is 7. The molecule has 3 aromatic rings. The fourth-order valence-electron chi connectivity index (χ4n) is 4.07. The number of alkyl halides is 1. The van der Waals surface area contributed by atoms with E-state index in [4.69, 9.17) is 5.73 Å². The number of halogens is 2. The van der Waals surface area contributed by atoms with E-state index in [1.807, 2.05) is 0 Å². The van der Waals surface area contributed by atoms with Crippen LogP contribution in [-0.2, 0) is 6.42 Å². The predicted molar refractivity (Wildman–Crippen MR) is 118 cm³/mol. The van der Waals surface area contributed by atoms with Crippen molar-refractivity contribution in [3.63, 3.8) is 0 Å². The van der Waals surface area contributed by atoms with Crippen LogP contribution in [0.15, 0.2) is 30.3 Å². The third-order valence-corrected chi connectivity index (χ3v) is 6.82. The van der Waals surface area contributed by atoms with Crippen LogP contribution in [0.3, 0.4) is 0 Å². The highest BCUT2D eigenvalue weighted by Crippen LogP contribution is 2.36. The van der Waals surface area contributed by atoms with Crippen LogP contribution >= 0.6 is 11.3 Å². The molecule has 1 saturated heterocycles. The van der Waals surface area contributed by atoms with Crippen molar-refractivity contribution < 1.29 is 13.6 Å². The number of amides is 1. The van der Waals surface area contributed by atoms with Gasteiger partial charge in [-0.2, -0.15) is 9.65 Å². The van der Waals surface area contributed by atoms with E-state index in [9.17, 15) is 18.8 Å². The number of thiazole rings is 1. The number of nitrogen functional groups attached to an aromatic ring is 1. The summed E-state index contributed by atoms with van der Waals surface area (Å²) in [5, 5.41) is 9.82. The minimum Gasteiger partial charge on any atom is -0.398 e. The highest BCUT2D eigenvalue weighted by Gasteiger charge is 2.32. The molecule has 0 unspecified atom stereocenters. The van der Waals surface area contributed by atoms with Gasteiger partial charge in [-0.05, 0) is 30.7 Å². The maximum atomic E-state index is 14.8. The Hall–Kier alpha value is -3.58. The first-order chi connectivity index (χ1) is 15.5. The van der Waals surface area contributed by atoms with Gasteiger partial charge in [0.1, 0.15) is 27.9 Å². The molecular formula is C22H18F2N6OS. The molecule has 2 N–H and O–H groups in total.